The Hall–Kier alpha value is -1.73. The summed E-state index contributed by atoms with van der Waals surface area (Å²) in [5.41, 5.74) is 0.0554. The Balaban J connectivity index is 2.70. The van der Waals surface area contributed by atoms with E-state index in [9.17, 15) is 8.78 Å². The summed E-state index contributed by atoms with van der Waals surface area (Å²) >= 11 is 0. The van der Waals surface area contributed by atoms with Crippen LogP contribution in [0.3, 0.4) is 0 Å². The summed E-state index contributed by atoms with van der Waals surface area (Å²) in [5, 5.41) is 6.24. The van der Waals surface area contributed by atoms with Gasteiger partial charge in [0.1, 0.15) is 11.6 Å². The number of nitrogens with zero attached hydrogens (tertiary/aromatic N) is 2. The van der Waals surface area contributed by atoms with Crippen molar-refractivity contribution in [3.05, 3.63) is 35.4 Å². The van der Waals surface area contributed by atoms with Gasteiger partial charge in [0, 0.05) is 39.4 Å². The van der Waals surface area contributed by atoms with Crippen LogP contribution in [0.1, 0.15) is 18.0 Å². The predicted molar refractivity (Wildman–Crippen MR) is 88.6 cm³/mol. The van der Waals surface area contributed by atoms with Gasteiger partial charge in [-0.3, -0.25) is 4.99 Å². The van der Waals surface area contributed by atoms with E-state index in [1.807, 2.05) is 0 Å². The molecule has 0 aliphatic rings. The number of hydrogen-bond acceptors (Lipinski definition) is 3. The van der Waals surface area contributed by atoms with Gasteiger partial charge >= 0.3 is 0 Å². The van der Waals surface area contributed by atoms with E-state index in [0.29, 0.717) is 25.7 Å². The number of nitrogens with one attached hydrogen (secondary N) is 2. The lowest BCUT2D eigenvalue weighted by Crippen LogP contribution is -2.42. The molecular weight excluding hydrogens is 302 g/mol. The fourth-order valence-electron chi connectivity index (χ4n) is 2.21. The molecule has 1 aromatic rings. The SMILES string of the molecule is CN=C(NCCCOC)NCC(c1c(F)cccc1F)N(C)C. The number of likely N-dealkylation sites (N-methyl/N-ethyl adjacent to an activating group) is 1. The second-order valence-corrected chi connectivity index (χ2v) is 5.34. The van der Waals surface area contributed by atoms with Gasteiger partial charge in [-0.05, 0) is 32.6 Å². The number of benzene rings is 1. The summed E-state index contributed by atoms with van der Waals surface area (Å²) in [7, 11) is 6.87. The molecule has 7 heteroatoms. The molecule has 1 aromatic carbocycles. The van der Waals surface area contributed by atoms with Crippen LogP contribution < -0.4 is 10.6 Å². The van der Waals surface area contributed by atoms with E-state index in [1.54, 1.807) is 33.2 Å². The number of guanidine groups is 1. The van der Waals surface area contributed by atoms with Crippen LogP contribution in [0.25, 0.3) is 0 Å². The summed E-state index contributed by atoms with van der Waals surface area (Å²) in [4.78, 5) is 5.87. The molecule has 0 bridgehead atoms. The number of halogens is 2. The van der Waals surface area contributed by atoms with Gasteiger partial charge in [0.25, 0.3) is 0 Å². The maximum Gasteiger partial charge on any atom is 0.191 e. The molecule has 1 atom stereocenters. The Labute approximate surface area is 136 Å². The Morgan fingerprint density at radius 3 is 2.43 bits per heavy atom. The highest BCUT2D eigenvalue weighted by molar-refractivity contribution is 5.79. The van der Waals surface area contributed by atoms with E-state index < -0.39 is 17.7 Å². The van der Waals surface area contributed by atoms with Crippen molar-refractivity contribution in [2.24, 2.45) is 4.99 Å². The van der Waals surface area contributed by atoms with Gasteiger partial charge in [-0.15, -0.1) is 0 Å². The van der Waals surface area contributed by atoms with Crippen LogP contribution in [-0.2, 0) is 4.74 Å². The molecule has 1 rings (SSSR count). The van der Waals surface area contributed by atoms with Crippen molar-refractivity contribution in [2.45, 2.75) is 12.5 Å². The largest absolute Gasteiger partial charge is 0.385 e. The molecule has 0 saturated carbocycles. The van der Waals surface area contributed by atoms with Crippen LogP contribution in [0, 0.1) is 11.6 Å². The molecule has 0 spiro atoms. The molecule has 1 unspecified atom stereocenters. The quantitative estimate of drug-likeness (QED) is 0.434. The summed E-state index contributed by atoms with van der Waals surface area (Å²) in [6, 6.07) is 3.46. The molecule has 23 heavy (non-hydrogen) atoms. The number of methoxy groups -OCH3 is 1. The first kappa shape index (κ1) is 19.3. The van der Waals surface area contributed by atoms with Gasteiger partial charge in [0.05, 0.1) is 6.04 Å². The van der Waals surface area contributed by atoms with Crippen molar-refractivity contribution < 1.29 is 13.5 Å². The maximum atomic E-state index is 14.0. The Morgan fingerprint density at radius 1 is 1.26 bits per heavy atom. The molecule has 0 amide bonds. The standard InChI is InChI=1S/C16H26F2N4O/c1-19-16(20-9-6-10-23-4)21-11-14(22(2)3)15-12(17)7-5-8-13(15)18/h5,7-8,14H,6,9-11H2,1-4H3,(H2,19,20,21). The smallest absolute Gasteiger partial charge is 0.191 e. The third-order valence-electron chi connectivity index (χ3n) is 3.46. The first-order chi connectivity index (χ1) is 11.0. The lowest BCUT2D eigenvalue weighted by molar-refractivity contribution is 0.195. The average molecular weight is 328 g/mol. The number of ether oxygens (including phenoxy) is 1. The van der Waals surface area contributed by atoms with Crippen LogP contribution in [0.15, 0.2) is 23.2 Å². The van der Waals surface area contributed by atoms with Gasteiger partial charge in [-0.2, -0.15) is 0 Å². The summed E-state index contributed by atoms with van der Waals surface area (Å²) < 4.78 is 33.0. The molecular formula is C16H26F2N4O. The Bertz CT molecular complexity index is 489. The van der Waals surface area contributed by atoms with Crippen LogP contribution in [0.4, 0.5) is 8.78 Å². The monoisotopic (exact) mass is 328 g/mol. The number of hydrogen-bond donors (Lipinski definition) is 2. The minimum Gasteiger partial charge on any atom is -0.385 e. The molecule has 0 saturated heterocycles. The zero-order valence-electron chi connectivity index (χ0n) is 14.2. The molecule has 130 valence electrons. The summed E-state index contributed by atoms with van der Waals surface area (Å²) in [6.45, 7) is 1.69. The Kier molecular flexibility index (Phi) is 8.50. The third-order valence-corrected chi connectivity index (χ3v) is 3.46. The van der Waals surface area contributed by atoms with E-state index in [4.69, 9.17) is 4.74 Å². The molecule has 5 nitrogen and oxygen atoms in total. The molecule has 0 fully saturated rings. The van der Waals surface area contributed by atoms with Crippen LogP contribution in [0.5, 0.6) is 0 Å². The van der Waals surface area contributed by atoms with Gasteiger partial charge < -0.3 is 20.3 Å². The molecule has 0 radical (unpaired) electrons. The highest BCUT2D eigenvalue weighted by atomic mass is 19.1. The number of aliphatic imine (C=N–C) groups is 1. The van der Waals surface area contributed by atoms with Gasteiger partial charge in [-0.1, -0.05) is 6.07 Å². The van der Waals surface area contributed by atoms with E-state index >= 15 is 0 Å². The molecule has 0 aliphatic carbocycles. The zero-order chi connectivity index (χ0) is 17.2. The van der Waals surface area contributed by atoms with Crippen molar-refractivity contribution in [2.75, 3.05) is 47.9 Å². The lowest BCUT2D eigenvalue weighted by Gasteiger charge is -2.26. The first-order valence-electron chi connectivity index (χ1n) is 7.55. The summed E-state index contributed by atoms with van der Waals surface area (Å²) in [6.07, 6.45) is 0.844. The van der Waals surface area contributed by atoms with Gasteiger partial charge in [0.2, 0.25) is 0 Å². The third kappa shape index (κ3) is 6.11. The van der Waals surface area contributed by atoms with E-state index in [0.717, 1.165) is 6.42 Å². The molecule has 0 aromatic heterocycles. The second kappa shape index (κ2) is 10.1. The van der Waals surface area contributed by atoms with Gasteiger partial charge in [0.15, 0.2) is 5.96 Å². The van der Waals surface area contributed by atoms with Crippen molar-refractivity contribution in [3.63, 3.8) is 0 Å². The van der Waals surface area contributed by atoms with Crippen molar-refractivity contribution in [1.82, 2.24) is 15.5 Å². The molecule has 0 aliphatic heterocycles. The highest BCUT2D eigenvalue weighted by Crippen LogP contribution is 2.23. The molecule has 0 heterocycles. The normalized spacial score (nSPS) is 13.3. The molecule has 2 N–H and O–H groups in total. The van der Waals surface area contributed by atoms with Crippen molar-refractivity contribution in [3.8, 4) is 0 Å². The average Bonchev–Trinajstić information content (AvgIpc) is 2.51. The van der Waals surface area contributed by atoms with Crippen LogP contribution in [-0.4, -0.2) is 58.8 Å². The minimum absolute atomic E-state index is 0.0554. The highest BCUT2D eigenvalue weighted by Gasteiger charge is 2.22. The van der Waals surface area contributed by atoms with Gasteiger partial charge in [-0.25, -0.2) is 8.78 Å². The van der Waals surface area contributed by atoms with Crippen LogP contribution in [0.2, 0.25) is 0 Å². The predicted octanol–water partition coefficient (Wildman–Crippen LogP) is 1.77. The zero-order valence-corrected chi connectivity index (χ0v) is 14.2. The summed E-state index contributed by atoms with van der Waals surface area (Å²) in [5.74, 6) is -0.508. The fraction of sp³-hybridized carbons (Fsp3) is 0.562. The van der Waals surface area contributed by atoms with Crippen LogP contribution >= 0.6 is 0 Å². The van der Waals surface area contributed by atoms with E-state index in [2.05, 4.69) is 15.6 Å². The topological polar surface area (TPSA) is 48.9 Å². The maximum absolute atomic E-state index is 14.0. The fourth-order valence-corrected chi connectivity index (χ4v) is 2.21. The van der Waals surface area contributed by atoms with Crippen molar-refractivity contribution in [1.29, 1.82) is 0 Å². The van der Waals surface area contributed by atoms with Crippen molar-refractivity contribution >= 4 is 5.96 Å². The second-order valence-electron chi connectivity index (χ2n) is 5.34. The Morgan fingerprint density at radius 2 is 1.91 bits per heavy atom. The van der Waals surface area contributed by atoms with E-state index in [-0.39, 0.29) is 5.56 Å². The first-order valence-corrected chi connectivity index (χ1v) is 7.55. The van der Waals surface area contributed by atoms with E-state index in [1.165, 1.54) is 18.2 Å². The lowest BCUT2D eigenvalue weighted by atomic mass is 10.0. The number of rotatable bonds is 8. The minimum atomic E-state index is -0.548.